The molecule has 0 aliphatic rings. The van der Waals surface area contributed by atoms with E-state index >= 15 is 0 Å². The zero-order valence-corrected chi connectivity index (χ0v) is 6.18. The first-order valence-electron chi connectivity index (χ1n) is 3.00. The number of aromatic nitrogens is 2. The minimum atomic E-state index is -0.684. The third kappa shape index (κ3) is 1.35. The van der Waals surface area contributed by atoms with Crippen molar-refractivity contribution < 1.29 is 0 Å². The van der Waals surface area contributed by atoms with Crippen LogP contribution in [0.2, 0.25) is 0 Å². The summed E-state index contributed by atoms with van der Waals surface area (Å²) >= 11 is 0. The molecular weight excluding hydrogens is 162 g/mol. The lowest BCUT2D eigenvalue weighted by molar-refractivity contribution is 0.799. The third-order valence-electron chi connectivity index (χ3n) is 1.24. The number of hydrogen-bond acceptors (Lipinski definition) is 3. The van der Waals surface area contributed by atoms with Gasteiger partial charge in [-0.3, -0.25) is 9.78 Å². The Morgan fingerprint density at radius 1 is 1.67 bits per heavy atom. The number of H-pyrrole nitrogens is 1. The van der Waals surface area contributed by atoms with Crippen LogP contribution in [0.3, 0.4) is 0 Å². The maximum Gasteiger partial charge on any atom is 0.328 e. The average Bonchev–Trinajstić information content (AvgIpc) is 2.01. The summed E-state index contributed by atoms with van der Waals surface area (Å²) < 4.78 is 1.12. The highest BCUT2D eigenvalue weighted by Crippen LogP contribution is 1.98. The zero-order chi connectivity index (χ0) is 9.14. The number of aryl methyl sites for hydroxylation is 1. The molecule has 0 bridgehead atoms. The Labute approximate surface area is 65.9 Å². The van der Waals surface area contributed by atoms with Crippen molar-refractivity contribution in [2.45, 2.75) is 0 Å². The van der Waals surface area contributed by atoms with Crippen LogP contribution in [0.15, 0.2) is 20.9 Å². The van der Waals surface area contributed by atoms with Gasteiger partial charge in [-0.15, -0.1) is 0 Å². The van der Waals surface area contributed by atoms with Crippen LogP contribution in [0.1, 0.15) is 0 Å². The Kier molecular flexibility index (Phi) is 1.98. The van der Waals surface area contributed by atoms with Crippen molar-refractivity contribution in [1.82, 2.24) is 9.55 Å². The van der Waals surface area contributed by atoms with E-state index in [4.69, 9.17) is 5.53 Å². The van der Waals surface area contributed by atoms with Crippen LogP contribution in [-0.4, -0.2) is 9.55 Å². The number of rotatable bonds is 1. The van der Waals surface area contributed by atoms with Crippen LogP contribution in [0, 0.1) is 0 Å². The van der Waals surface area contributed by atoms with Gasteiger partial charge in [-0.25, -0.2) is 4.79 Å². The van der Waals surface area contributed by atoms with Crippen LogP contribution in [-0.2, 0) is 7.05 Å². The highest BCUT2D eigenvalue weighted by Gasteiger charge is 1.97. The van der Waals surface area contributed by atoms with Gasteiger partial charge in [-0.2, -0.15) is 0 Å². The molecule has 0 radical (unpaired) electrons. The molecule has 0 atom stereocenters. The smallest absolute Gasteiger partial charge is 0.303 e. The van der Waals surface area contributed by atoms with Crippen LogP contribution in [0.5, 0.6) is 0 Å². The van der Waals surface area contributed by atoms with Gasteiger partial charge in [-0.05, 0) is 5.53 Å². The largest absolute Gasteiger partial charge is 0.328 e. The van der Waals surface area contributed by atoms with E-state index in [0.717, 1.165) is 4.57 Å². The van der Waals surface area contributed by atoms with Gasteiger partial charge in [0, 0.05) is 18.2 Å². The minimum Gasteiger partial charge on any atom is -0.303 e. The summed E-state index contributed by atoms with van der Waals surface area (Å²) in [6, 6.07) is 0. The van der Waals surface area contributed by atoms with Crippen LogP contribution >= 0.6 is 0 Å². The van der Waals surface area contributed by atoms with Crippen LogP contribution in [0.25, 0.3) is 10.4 Å². The van der Waals surface area contributed by atoms with Gasteiger partial charge in [-0.1, -0.05) is 5.11 Å². The molecule has 0 aliphatic heterocycles. The summed E-state index contributed by atoms with van der Waals surface area (Å²) in [6.45, 7) is 0. The van der Waals surface area contributed by atoms with E-state index in [2.05, 4.69) is 10.0 Å². The molecule has 1 rings (SSSR count). The molecule has 62 valence electrons. The van der Waals surface area contributed by atoms with Crippen molar-refractivity contribution in [2.75, 3.05) is 0 Å². The summed E-state index contributed by atoms with van der Waals surface area (Å²) in [7, 11) is 1.44. The van der Waals surface area contributed by atoms with E-state index in [-0.39, 0.29) is 5.69 Å². The molecule has 7 heteroatoms. The Bertz CT molecular complexity index is 450. The van der Waals surface area contributed by atoms with E-state index in [1.54, 1.807) is 0 Å². The Morgan fingerprint density at radius 2 is 2.33 bits per heavy atom. The molecule has 0 aromatic carbocycles. The molecule has 1 heterocycles. The number of azide groups is 1. The van der Waals surface area contributed by atoms with Gasteiger partial charge in [0.25, 0.3) is 5.56 Å². The fourth-order valence-electron chi connectivity index (χ4n) is 0.669. The molecule has 7 nitrogen and oxygen atoms in total. The lowest BCUT2D eigenvalue weighted by Gasteiger charge is -1.94. The molecule has 0 amide bonds. The van der Waals surface area contributed by atoms with Crippen LogP contribution in [0.4, 0.5) is 5.69 Å². The third-order valence-corrected chi connectivity index (χ3v) is 1.24. The fourth-order valence-corrected chi connectivity index (χ4v) is 0.669. The van der Waals surface area contributed by atoms with Crippen molar-refractivity contribution in [3.05, 3.63) is 37.5 Å². The van der Waals surface area contributed by atoms with Crippen molar-refractivity contribution in [3.8, 4) is 0 Å². The minimum absolute atomic E-state index is 0.125. The molecule has 0 saturated heterocycles. The summed E-state index contributed by atoms with van der Waals surface area (Å²) in [5.74, 6) is 0. The molecule has 0 fully saturated rings. The number of hydrogen-bond donors (Lipinski definition) is 1. The molecule has 0 unspecified atom stereocenters. The van der Waals surface area contributed by atoms with Crippen molar-refractivity contribution in [1.29, 1.82) is 0 Å². The van der Waals surface area contributed by atoms with Gasteiger partial charge < -0.3 is 4.57 Å². The second kappa shape index (κ2) is 2.93. The quantitative estimate of drug-likeness (QED) is 0.361. The maximum absolute atomic E-state index is 10.8. The lowest BCUT2D eigenvalue weighted by atomic mass is 10.5. The van der Waals surface area contributed by atoms with Gasteiger partial charge in [0.05, 0.1) is 0 Å². The number of aromatic amines is 1. The molecule has 1 N–H and O–H groups in total. The molecule has 1 aromatic heterocycles. The van der Waals surface area contributed by atoms with Crippen molar-refractivity contribution in [2.24, 2.45) is 12.2 Å². The summed E-state index contributed by atoms with van der Waals surface area (Å²) in [5.41, 5.74) is 6.67. The molecule has 0 saturated carbocycles. The summed E-state index contributed by atoms with van der Waals surface area (Å²) in [6.07, 6.45) is 1.17. The fraction of sp³-hybridized carbons (Fsp3) is 0.200. The summed E-state index contributed by atoms with van der Waals surface area (Å²) in [5, 5.41) is 3.09. The molecule has 0 aliphatic carbocycles. The highest BCUT2D eigenvalue weighted by molar-refractivity contribution is 5.29. The first kappa shape index (κ1) is 8.09. The van der Waals surface area contributed by atoms with Crippen molar-refractivity contribution >= 4 is 5.69 Å². The number of nitrogens with zero attached hydrogens (tertiary/aromatic N) is 4. The van der Waals surface area contributed by atoms with E-state index in [1.165, 1.54) is 13.2 Å². The normalized spacial score (nSPS) is 9.08. The van der Waals surface area contributed by atoms with Gasteiger partial charge >= 0.3 is 5.69 Å². The van der Waals surface area contributed by atoms with Gasteiger partial charge in [0.2, 0.25) is 0 Å². The topological polar surface area (TPSA) is 104 Å². The first-order chi connectivity index (χ1) is 5.65. The molecule has 0 spiro atoms. The lowest BCUT2D eigenvalue weighted by Crippen LogP contribution is -2.26. The monoisotopic (exact) mass is 167 g/mol. The first-order valence-corrected chi connectivity index (χ1v) is 3.00. The standard InChI is InChI=1S/C5H5N5O2/c1-10-2-3(8-9-6)4(11)7-5(10)12/h2H,1H3,(H,7,11,12). The average molecular weight is 167 g/mol. The van der Waals surface area contributed by atoms with Gasteiger partial charge in [0.15, 0.2) is 0 Å². The maximum atomic E-state index is 10.8. The number of nitrogens with one attached hydrogen (secondary N) is 1. The second-order valence-corrected chi connectivity index (χ2v) is 2.07. The zero-order valence-electron chi connectivity index (χ0n) is 6.18. The second-order valence-electron chi connectivity index (χ2n) is 2.07. The summed E-state index contributed by atoms with van der Waals surface area (Å²) in [4.78, 5) is 26.0. The van der Waals surface area contributed by atoms with Crippen LogP contribution < -0.4 is 11.2 Å². The molecule has 12 heavy (non-hydrogen) atoms. The SMILES string of the molecule is Cn1cc(N=[N+]=[N-])c(=O)[nH]c1=O. The predicted molar refractivity (Wildman–Crippen MR) is 41.1 cm³/mol. The van der Waals surface area contributed by atoms with E-state index < -0.39 is 11.2 Å². The van der Waals surface area contributed by atoms with Gasteiger partial charge in [0.1, 0.15) is 5.69 Å². The Balaban J connectivity index is 3.53. The highest BCUT2D eigenvalue weighted by atomic mass is 16.2. The van der Waals surface area contributed by atoms with Crippen molar-refractivity contribution in [3.63, 3.8) is 0 Å². The van der Waals surface area contributed by atoms with E-state index in [0.29, 0.717) is 0 Å². The Hall–Kier alpha value is -2.01. The molecular formula is C5H5N5O2. The van der Waals surface area contributed by atoms with E-state index in [9.17, 15) is 9.59 Å². The van der Waals surface area contributed by atoms with E-state index in [1.807, 2.05) is 4.98 Å². The Morgan fingerprint density at radius 3 is 2.92 bits per heavy atom. The molecule has 1 aromatic rings. The predicted octanol–water partition coefficient (Wildman–Crippen LogP) is 0.0154.